The van der Waals surface area contributed by atoms with Crippen molar-refractivity contribution in [1.82, 2.24) is 10.2 Å². The lowest BCUT2D eigenvalue weighted by Crippen LogP contribution is -2.58. The van der Waals surface area contributed by atoms with Crippen LogP contribution in [0.5, 0.6) is 0 Å². The van der Waals surface area contributed by atoms with Crippen LogP contribution in [0.2, 0.25) is 0 Å². The van der Waals surface area contributed by atoms with Crippen molar-refractivity contribution in [2.75, 3.05) is 19.6 Å². The van der Waals surface area contributed by atoms with E-state index in [1.165, 1.54) is 6.42 Å². The van der Waals surface area contributed by atoms with Gasteiger partial charge < -0.3 is 20.1 Å². The Morgan fingerprint density at radius 2 is 1.88 bits per heavy atom. The van der Waals surface area contributed by atoms with Crippen LogP contribution in [0.15, 0.2) is 0 Å². The number of ether oxygens (including phenoxy) is 1. The maximum Gasteiger partial charge on any atom is 0.410 e. The number of likely N-dealkylation sites (tertiary alicyclic amines) is 1. The van der Waals surface area contributed by atoms with Crippen molar-refractivity contribution in [3.05, 3.63) is 0 Å². The van der Waals surface area contributed by atoms with E-state index in [4.69, 9.17) is 4.74 Å². The predicted molar refractivity (Wildman–Crippen MR) is 101 cm³/mol. The second-order valence-corrected chi connectivity index (χ2v) is 9.48. The molecule has 2 N–H and O–H groups in total. The lowest BCUT2D eigenvalue weighted by atomic mass is 9.72. The van der Waals surface area contributed by atoms with Crippen LogP contribution in [0.4, 0.5) is 4.79 Å². The Balaban J connectivity index is 2.09. The fourth-order valence-corrected chi connectivity index (χ4v) is 4.09. The van der Waals surface area contributed by atoms with Crippen molar-refractivity contribution in [3.8, 4) is 0 Å². The zero-order valence-electron chi connectivity index (χ0n) is 16.8. The van der Waals surface area contributed by atoms with E-state index in [1.54, 1.807) is 0 Å². The first-order chi connectivity index (χ1) is 11.6. The molecule has 0 aromatic heterocycles. The average molecular weight is 355 g/mol. The fourth-order valence-electron chi connectivity index (χ4n) is 4.09. The van der Waals surface area contributed by atoms with Crippen molar-refractivity contribution in [3.63, 3.8) is 0 Å². The molecule has 5 heteroatoms. The number of carbonyl (C=O) groups is 1. The summed E-state index contributed by atoms with van der Waals surface area (Å²) in [5, 5.41) is 14.8. The van der Waals surface area contributed by atoms with Crippen molar-refractivity contribution in [2.24, 2.45) is 11.8 Å². The maximum atomic E-state index is 12.6. The number of hydrogen-bond donors (Lipinski definition) is 2. The van der Waals surface area contributed by atoms with Gasteiger partial charge in [-0.2, -0.15) is 0 Å². The van der Waals surface area contributed by atoms with Crippen LogP contribution < -0.4 is 5.32 Å². The molecule has 0 unspecified atom stereocenters. The van der Waals surface area contributed by atoms with E-state index in [2.05, 4.69) is 19.2 Å². The monoisotopic (exact) mass is 354 g/mol. The standard InChI is InChI=1S/C20H38N2O3/c1-15(2)12-21-17-11-16(20(24)9-7-6-8-10-20)13-22(14-17)18(23)25-19(3,4)5/h15-17,21,24H,6-14H2,1-5H3/t16-,17+/m1/s1. The summed E-state index contributed by atoms with van der Waals surface area (Å²) >= 11 is 0. The van der Waals surface area contributed by atoms with E-state index in [0.717, 1.165) is 38.6 Å². The molecule has 2 aliphatic rings. The normalized spacial score (nSPS) is 27.4. The summed E-state index contributed by atoms with van der Waals surface area (Å²) in [6.45, 7) is 12.3. The molecule has 0 spiro atoms. The summed E-state index contributed by atoms with van der Waals surface area (Å²) in [4.78, 5) is 14.4. The molecule has 146 valence electrons. The summed E-state index contributed by atoms with van der Waals surface area (Å²) in [7, 11) is 0. The smallest absolute Gasteiger partial charge is 0.410 e. The third-order valence-corrected chi connectivity index (χ3v) is 5.40. The number of nitrogens with zero attached hydrogens (tertiary/aromatic N) is 1. The molecular weight excluding hydrogens is 316 g/mol. The second-order valence-electron chi connectivity index (χ2n) is 9.48. The van der Waals surface area contributed by atoms with Crippen LogP contribution in [0.1, 0.15) is 73.1 Å². The van der Waals surface area contributed by atoms with Gasteiger partial charge in [0.25, 0.3) is 0 Å². The molecule has 0 bridgehead atoms. The van der Waals surface area contributed by atoms with Gasteiger partial charge in [0.15, 0.2) is 0 Å². The van der Waals surface area contributed by atoms with Crippen molar-refractivity contribution in [2.45, 2.75) is 90.4 Å². The minimum atomic E-state index is -0.628. The Hall–Kier alpha value is -0.810. The van der Waals surface area contributed by atoms with E-state index < -0.39 is 11.2 Å². The molecule has 1 aliphatic carbocycles. The van der Waals surface area contributed by atoms with E-state index >= 15 is 0 Å². The number of nitrogens with one attached hydrogen (secondary N) is 1. The highest BCUT2D eigenvalue weighted by molar-refractivity contribution is 5.68. The molecule has 1 saturated carbocycles. The van der Waals surface area contributed by atoms with Gasteiger partial charge >= 0.3 is 6.09 Å². The summed E-state index contributed by atoms with van der Waals surface area (Å²) in [6.07, 6.45) is 5.77. The first-order valence-corrected chi connectivity index (χ1v) is 10.0. The Morgan fingerprint density at radius 3 is 2.44 bits per heavy atom. The lowest BCUT2D eigenvalue weighted by Gasteiger charge is -2.47. The predicted octanol–water partition coefficient (Wildman–Crippen LogP) is 3.55. The molecule has 2 fully saturated rings. The third-order valence-electron chi connectivity index (χ3n) is 5.40. The molecule has 0 aromatic rings. The van der Waals surface area contributed by atoms with Crippen molar-refractivity contribution >= 4 is 6.09 Å². The number of hydrogen-bond acceptors (Lipinski definition) is 4. The molecule has 1 amide bonds. The molecule has 25 heavy (non-hydrogen) atoms. The first kappa shape index (κ1) is 20.5. The third kappa shape index (κ3) is 6.14. The quantitative estimate of drug-likeness (QED) is 0.810. The fraction of sp³-hybridized carbons (Fsp3) is 0.950. The molecule has 5 nitrogen and oxygen atoms in total. The van der Waals surface area contributed by atoms with Gasteiger partial charge in [-0.05, 0) is 52.5 Å². The van der Waals surface area contributed by atoms with Crippen LogP contribution in [0.3, 0.4) is 0 Å². The second kappa shape index (κ2) is 8.26. The van der Waals surface area contributed by atoms with Gasteiger partial charge in [-0.15, -0.1) is 0 Å². The van der Waals surface area contributed by atoms with Gasteiger partial charge in [-0.3, -0.25) is 0 Å². The Kier molecular flexibility index (Phi) is 6.77. The summed E-state index contributed by atoms with van der Waals surface area (Å²) < 4.78 is 5.60. The van der Waals surface area contributed by atoms with Gasteiger partial charge in [-0.25, -0.2) is 4.79 Å². The molecule has 0 radical (unpaired) electrons. The molecule has 1 heterocycles. The largest absolute Gasteiger partial charge is 0.444 e. The van der Waals surface area contributed by atoms with E-state index in [9.17, 15) is 9.90 Å². The highest BCUT2D eigenvalue weighted by Crippen LogP contribution is 2.39. The minimum Gasteiger partial charge on any atom is -0.444 e. The van der Waals surface area contributed by atoms with E-state index in [-0.39, 0.29) is 18.1 Å². The summed E-state index contributed by atoms with van der Waals surface area (Å²) in [5.74, 6) is 0.687. The topological polar surface area (TPSA) is 61.8 Å². The van der Waals surface area contributed by atoms with Gasteiger partial charge in [-0.1, -0.05) is 33.1 Å². The lowest BCUT2D eigenvalue weighted by molar-refractivity contribution is -0.0787. The highest BCUT2D eigenvalue weighted by atomic mass is 16.6. The number of aliphatic hydroxyl groups is 1. The maximum absolute atomic E-state index is 12.6. The van der Waals surface area contributed by atoms with Gasteiger partial charge in [0, 0.05) is 25.0 Å². The zero-order valence-corrected chi connectivity index (χ0v) is 16.8. The molecule has 0 aromatic carbocycles. The number of piperidine rings is 1. The summed E-state index contributed by atoms with van der Waals surface area (Å²) in [5.41, 5.74) is -1.12. The highest BCUT2D eigenvalue weighted by Gasteiger charge is 2.43. The van der Waals surface area contributed by atoms with Crippen molar-refractivity contribution < 1.29 is 14.6 Å². The zero-order chi connectivity index (χ0) is 18.7. The SMILES string of the molecule is CC(C)CN[C@H]1C[C@@H](C2(O)CCCCC2)CN(C(=O)OC(C)(C)C)C1. The van der Waals surface area contributed by atoms with Crippen LogP contribution in [0.25, 0.3) is 0 Å². The van der Waals surface area contributed by atoms with Crippen LogP contribution in [-0.4, -0.2) is 53.0 Å². The molecular formula is C20H38N2O3. The van der Waals surface area contributed by atoms with E-state index in [0.29, 0.717) is 19.0 Å². The molecule has 2 atom stereocenters. The van der Waals surface area contributed by atoms with Gasteiger partial charge in [0.2, 0.25) is 0 Å². The number of amides is 1. The average Bonchev–Trinajstić information content (AvgIpc) is 2.52. The van der Waals surface area contributed by atoms with Crippen LogP contribution in [-0.2, 0) is 4.74 Å². The molecule has 2 rings (SSSR count). The van der Waals surface area contributed by atoms with Crippen LogP contribution in [0, 0.1) is 11.8 Å². The van der Waals surface area contributed by atoms with Gasteiger partial charge in [0.1, 0.15) is 5.60 Å². The molecule has 1 saturated heterocycles. The van der Waals surface area contributed by atoms with Gasteiger partial charge in [0.05, 0.1) is 5.60 Å². The van der Waals surface area contributed by atoms with E-state index in [1.807, 2.05) is 25.7 Å². The Bertz CT molecular complexity index is 439. The molecule has 1 aliphatic heterocycles. The number of carbonyl (C=O) groups excluding carboxylic acids is 1. The van der Waals surface area contributed by atoms with Crippen LogP contribution >= 0.6 is 0 Å². The Morgan fingerprint density at radius 1 is 1.24 bits per heavy atom. The first-order valence-electron chi connectivity index (χ1n) is 10.0. The Labute approximate surface area is 153 Å². The number of rotatable bonds is 4. The summed E-state index contributed by atoms with van der Waals surface area (Å²) in [6, 6.07) is 0.222. The van der Waals surface area contributed by atoms with Crippen molar-refractivity contribution in [1.29, 1.82) is 0 Å². The minimum absolute atomic E-state index is 0.124.